The second kappa shape index (κ2) is 6.11. The van der Waals surface area contributed by atoms with Gasteiger partial charge in [-0.15, -0.1) is 6.42 Å². The van der Waals surface area contributed by atoms with E-state index in [0.29, 0.717) is 11.1 Å². The molecule has 1 aliphatic carbocycles. The first-order valence-corrected chi connectivity index (χ1v) is 6.56. The summed E-state index contributed by atoms with van der Waals surface area (Å²) in [7, 11) is 1.29. The molecule has 0 aromatic carbocycles. The fourth-order valence-electron chi connectivity index (χ4n) is 2.34. The third-order valence-corrected chi connectivity index (χ3v) is 3.80. The Kier molecular flexibility index (Phi) is 4.93. The number of hydrogen-bond acceptors (Lipinski definition) is 4. The lowest BCUT2D eigenvalue weighted by Crippen LogP contribution is -2.49. The molecule has 0 unspecified atom stereocenters. The SMILES string of the molecule is C#C[C@@]1(C)CC(=O)C=C(C)[C@]1(O)C=CC(C)=CC(=O)OC. The van der Waals surface area contributed by atoms with Crippen LogP contribution in [-0.2, 0) is 14.3 Å². The third kappa shape index (κ3) is 3.32. The molecule has 21 heavy (non-hydrogen) atoms. The maximum atomic E-state index is 11.7. The van der Waals surface area contributed by atoms with Crippen LogP contribution in [-0.4, -0.2) is 29.6 Å². The van der Waals surface area contributed by atoms with Crippen LogP contribution in [0.3, 0.4) is 0 Å². The van der Waals surface area contributed by atoms with Gasteiger partial charge in [-0.05, 0) is 44.1 Å². The highest BCUT2D eigenvalue weighted by Crippen LogP contribution is 2.44. The average molecular weight is 288 g/mol. The minimum Gasteiger partial charge on any atom is -0.466 e. The topological polar surface area (TPSA) is 63.6 Å². The van der Waals surface area contributed by atoms with Gasteiger partial charge in [-0.25, -0.2) is 4.79 Å². The number of carbonyl (C=O) groups is 2. The van der Waals surface area contributed by atoms with Gasteiger partial charge in [0.1, 0.15) is 5.60 Å². The lowest BCUT2D eigenvalue weighted by atomic mass is 9.64. The molecule has 0 aliphatic heterocycles. The van der Waals surface area contributed by atoms with Gasteiger partial charge in [-0.2, -0.15) is 0 Å². The summed E-state index contributed by atoms with van der Waals surface area (Å²) in [6.45, 7) is 5.04. The molecule has 2 atom stereocenters. The van der Waals surface area contributed by atoms with Crippen LogP contribution in [0.15, 0.2) is 35.5 Å². The number of ketones is 1. The molecule has 0 aromatic rings. The van der Waals surface area contributed by atoms with E-state index in [1.807, 2.05) is 0 Å². The van der Waals surface area contributed by atoms with E-state index in [1.54, 1.807) is 26.8 Å². The lowest BCUT2D eigenvalue weighted by Gasteiger charge is -2.42. The summed E-state index contributed by atoms with van der Waals surface area (Å²) < 4.78 is 4.54. The summed E-state index contributed by atoms with van der Waals surface area (Å²) in [6.07, 6.45) is 11.4. The van der Waals surface area contributed by atoms with Crippen molar-refractivity contribution in [2.45, 2.75) is 32.8 Å². The molecule has 0 aromatic heterocycles. The van der Waals surface area contributed by atoms with E-state index in [4.69, 9.17) is 6.42 Å². The van der Waals surface area contributed by atoms with Crippen molar-refractivity contribution in [1.29, 1.82) is 0 Å². The number of terminal acetylenes is 1. The first-order valence-electron chi connectivity index (χ1n) is 6.56. The Morgan fingerprint density at radius 3 is 2.71 bits per heavy atom. The van der Waals surface area contributed by atoms with Crippen molar-refractivity contribution in [1.82, 2.24) is 0 Å². The Bertz CT molecular complexity index is 588. The number of ether oxygens (including phenoxy) is 1. The number of rotatable bonds is 3. The fraction of sp³-hybridized carbons (Fsp3) is 0.412. The number of hydrogen-bond donors (Lipinski definition) is 1. The fourth-order valence-corrected chi connectivity index (χ4v) is 2.34. The average Bonchev–Trinajstić information content (AvgIpc) is 2.42. The van der Waals surface area contributed by atoms with Gasteiger partial charge in [-0.1, -0.05) is 12.0 Å². The van der Waals surface area contributed by atoms with Crippen LogP contribution < -0.4 is 0 Å². The smallest absolute Gasteiger partial charge is 0.330 e. The molecule has 1 N–H and O–H groups in total. The lowest BCUT2D eigenvalue weighted by molar-refractivity contribution is -0.134. The van der Waals surface area contributed by atoms with Crippen LogP contribution in [0.2, 0.25) is 0 Å². The van der Waals surface area contributed by atoms with E-state index in [0.717, 1.165) is 0 Å². The second-order valence-corrected chi connectivity index (χ2v) is 5.46. The minimum atomic E-state index is -1.43. The summed E-state index contributed by atoms with van der Waals surface area (Å²) in [5.41, 5.74) is -1.35. The van der Waals surface area contributed by atoms with Gasteiger partial charge in [0.2, 0.25) is 0 Å². The standard InChI is InChI=1S/C17H20O4/c1-6-16(4)11-14(18)10-13(3)17(16,20)8-7-12(2)9-15(19)21-5/h1,7-10,20H,11H2,2-5H3/t16-,17+/m0/s1. The van der Waals surface area contributed by atoms with Crippen molar-refractivity contribution in [2.24, 2.45) is 5.41 Å². The molecule has 4 nitrogen and oxygen atoms in total. The van der Waals surface area contributed by atoms with Crippen molar-refractivity contribution in [3.8, 4) is 12.3 Å². The largest absolute Gasteiger partial charge is 0.466 e. The molecule has 4 heteroatoms. The van der Waals surface area contributed by atoms with Gasteiger partial charge in [0.05, 0.1) is 12.5 Å². The van der Waals surface area contributed by atoms with Crippen LogP contribution in [0.25, 0.3) is 0 Å². The number of esters is 1. The second-order valence-electron chi connectivity index (χ2n) is 5.46. The molecular formula is C17H20O4. The normalized spacial score (nSPS) is 30.0. The zero-order valence-corrected chi connectivity index (χ0v) is 12.8. The predicted molar refractivity (Wildman–Crippen MR) is 80.2 cm³/mol. The van der Waals surface area contributed by atoms with Gasteiger partial charge in [0, 0.05) is 12.5 Å². The molecule has 112 valence electrons. The summed E-state index contributed by atoms with van der Waals surface area (Å²) in [6, 6.07) is 0. The highest BCUT2D eigenvalue weighted by molar-refractivity contribution is 5.93. The monoisotopic (exact) mass is 288 g/mol. The van der Waals surface area contributed by atoms with E-state index < -0.39 is 17.0 Å². The Labute approximate surface area is 125 Å². The van der Waals surface area contributed by atoms with Crippen molar-refractivity contribution >= 4 is 11.8 Å². The van der Waals surface area contributed by atoms with Crippen molar-refractivity contribution in [3.63, 3.8) is 0 Å². The van der Waals surface area contributed by atoms with Crippen molar-refractivity contribution < 1.29 is 19.4 Å². The van der Waals surface area contributed by atoms with Gasteiger partial charge < -0.3 is 9.84 Å². The van der Waals surface area contributed by atoms with Crippen LogP contribution in [0.4, 0.5) is 0 Å². The Morgan fingerprint density at radius 1 is 1.57 bits per heavy atom. The molecule has 0 spiro atoms. The molecule has 0 radical (unpaired) electrons. The predicted octanol–water partition coefficient (Wildman–Crippen LogP) is 1.95. The van der Waals surface area contributed by atoms with Gasteiger partial charge in [0.25, 0.3) is 0 Å². The molecule has 0 fully saturated rings. The summed E-state index contributed by atoms with van der Waals surface area (Å²) in [5.74, 6) is 1.95. The quantitative estimate of drug-likeness (QED) is 0.373. The zero-order chi connectivity index (χ0) is 16.3. The minimum absolute atomic E-state index is 0.0709. The molecule has 0 bridgehead atoms. The number of methoxy groups -OCH3 is 1. The Morgan fingerprint density at radius 2 is 2.19 bits per heavy atom. The maximum Gasteiger partial charge on any atom is 0.330 e. The molecule has 0 amide bonds. The first-order chi connectivity index (χ1) is 9.68. The van der Waals surface area contributed by atoms with E-state index in [1.165, 1.54) is 25.3 Å². The number of allylic oxidation sites excluding steroid dienone is 3. The Hall–Kier alpha value is -2.12. The highest BCUT2D eigenvalue weighted by Gasteiger charge is 2.49. The van der Waals surface area contributed by atoms with Gasteiger partial charge >= 0.3 is 5.97 Å². The zero-order valence-electron chi connectivity index (χ0n) is 12.8. The number of carbonyl (C=O) groups excluding carboxylic acids is 2. The Balaban J connectivity index is 3.21. The maximum absolute atomic E-state index is 11.7. The highest BCUT2D eigenvalue weighted by atomic mass is 16.5. The van der Waals surface area contributed by atoms with Gasteiger partial charge in [-0.3, -0.25) is 4.79 Å². The summed E-state index contributed by atoms with van der Waals surface area (Å²) in [5, 5.41) is 10.9. The van der Waals surface area contributed by atoms with Gasteiger partial charge in [0.15, 0.2) is 5.78 Å². The van der Waals surface area contributed by atoms with Crippen LogP contribution in [0, 0.1) is 17.8 Å². The molecule has 1 aliphatic rings. The molecule has 0 saturated heterocycles. The molecule has 1 rings (SSSR count). The molecular weight excluding hydrogens is 268 g/mol. The van der Waals surface area contributed by atoms with Crippen LogP contribution in [0.1, 0.15) is 27.2 Å². The van der Waals surface area contributed by atoms with E-state index >= 15 is 0 Å². The molecule has 0 heterocycles. The van der Waals surface area contributed by atoms with Crippen molar-refractivity contribution in [2.75, 3.05) is 7.11 Å². The third-order valence-electron chi connectivity index (χ3n) is 3.80. The van der Waals surface area contributed by atoms with Crippen LogP contribution >= 0.6 is 0 Å². The number of aliphatic hydroxyl groups is 1. The van der Waals surface area contributed by atoms with Crippen LogP contribution in [0.5, 0.6) is 0 Å². The molecule has 0 saturated carbocycles. The van der Waals surface area contributed by atoms with E-state index in [2.05, 4.69) is 10.7 Å². The summed E-state index contributed by atoms with van der Waals surface area (Å²) in [4.78, 5) is 22.8. The van der Waals surface area contributed by atoms with E-state index in [9.17, 15) is 14.7 Å². The first kappa shape index (κ1) is 16.9. The van der Waals surface area contributed by atoms with Crippen molar-refractivity contribution in [3.05, 3.63) is 35.5 Å². The summed E-state index contributed by atoms with van der Waals surface area (Å²) >= 11 is 0. The van der Waals surface area contributed by atoms with E-state index in [-0.39, 0.29) is 12.2 Å².